The molecule has 3 N–H and O–H groups in total. The van der Waals surface area contributed by atoms with Gasteiger partial charge in [-0.2, -0.15) is 0 Å². The summed E-state index contributed by atoms with van der Waals surface area (Å²) in [5, 5.41) is 3.05. The Morgan fingerprint density at radius 3 is 2.48 bits per heavy atom. The molecule has 0 fully saturated rings. The van der Waals surface area contributed by atoms with Crippen molar-refractivity contribution in [3.63, 3.8) is 0 Å². The minimum Gasteiger partial charge on any atom is -0.493 e. The third kappa shape index (κ3) is 6.85. The van der Waals surface area contributed by atoms with E-state index < -0.39 is 0 Å². The molecule has 1 rings (SSSR count). The predicted octanol–water partition coefficient (Wildman–Crippen LogP) is 1.76. The number of ether oxygens (including phenoxy) is 3. The van der Waals surface area contributed by atoms with Crippen molar-refractivity contribution in [1.29, 1.82) is 0 Å². The van der Waals surface area contributed by atoms with Crippen molar-refractivity contribution >= 4 is 29.9 Å². The van der Waals surface area contributed by atoms with Crippen LogP contribution < -0.4 is 20.5 Å². The maximum absolute atomic E-state index is 5.81. The van der Waals surface area contributed by atoms with Crippen LogP contribution in [0.1, 0.15) is 12.5 Å². The number of aliphatic imine (C=N–C) groups is 1. The lowest BCUT2D eigenvalue weighted by Crippen LogP contribution is -2.40. The molecule has 0 saturated heterocycles. The van der Waals surface area contributed by atoms with Crippen molar-refractivity contribution in [1.82, 2.24) is 5.32 Å². The zero-order valence-electron chi connectivity index (χ0n) is 12.9. The molecule has 1 aromatic carbocycles. The van der Waals surface area contributed by atoms with Gasteiger partial charge < -0.3 is 25.3 Å². The summed E-state index contributed by atoms with van der Waals surface area (Å²) in [6.07, 6.45) is 0. The minimum absolute atomic E-state index is 0. The maximum atomic E-state index is 5.81. The van der Waals surface area contributed by atoms with E-state index >= 15 is 0 Å². The first-order valence-electron chi connectivity index (χ1n) is 6.37. The largest absolute Gasteiger partial charge is 0.493 e. The van der Waals surface area contributed by atoms with Crippen molar-refractivity contribution in [3.8, 4) is 11.5 Å². The van der Waals surface area contributed by atoms with Crippen molar-refractivity contribution < 1.29 is 14.2 Å². The Morgan fingerprint density at radius 2 is 1.90 bits per heavy atom. The van der Waals surface area contributed by atoms with Gasteiger partial charge in [-0.05, 0) is 24.6 Å². The topological polar surface area (TPSA) is 78.1 Å². The highest BCUT2D eigenvalue weighted by Gasteiger charge is 2.05. The quantitative estimate of drug-likeness (QED) is 0.408. The third-order valence-corrected chi connectivity index (χ3v) is 2.69. The smallest absolute Gasteiger partial charge is 0.189 e. The van der Waals surface area contributed by atoms with E-state index in [1.54, 1.807) is 21.3 Å². The molecule has 120 valence electrons. The van der Waals surface area contributed by atoms with E-state index in [-0.39, 0.29) is 30.0 Å². The molecule has 0 bridgehead atoms. The van der Waals surface area contributed by atoms with Crippen LogP contribution in [-0.4, -0.2) is 39.9 Å². The number of benzene rings is 1. The summed E-state index contributed by atoms with van der Waals surface area (Å²) < 4.78 is 15.4. The van der Waals surface area contributed by atoms with Crippen molar-refractivity contribution in [2.75, 3.05) is 27.9 Å². The molecular formula is C14H24IN3O3. The van der Waals surface area contributed by atoms with E-state index in [1.807, 2.05) is 25.1 Å². The molecule has 7 heteroatoms. The lowest BCUT2D eigenvalue weighted by Gasteiger charge is -2.13. The Bertz CT molecular complexity index is 455. The molecule has 0 aliphatic rings. The summed E-state index contributed by atoms with van der Waals surface area (Å²) in [6.45, 7) is 3.02. The van der Waals surface area contributed by atoms with Gasteiger partial charge in [-0.3, -0.25) is 0 Å². The van der Waals surface area contributed by atoms with E-state index in [0.717, 1.165) is 5.56 Å². The molecule has 1 aromatic rings. The van der Waals surface area contributed by atoms with Gasteiger partial charge in [0.1, 0.15) is 0 Å². The van der Waals surface area contributed by atoms with Crippen molar-refractivity contribution in [2.45, 2.75) is 19.5 Å². The van der Waals surface area contributed by atoms with Crippen LogP contribution in [0.25, 0.3) is 0 Å². The summed E-state index contributed by atoms with van der Waals surface area (Å²) in [5.74, 6) is 1.77. The standard InChI is InChI=1S/C14H23N3O3.HI/c1-10(9-18-2)17-14(15)16-8-11-5-6-12(19-3)13(7-11)20-4;/h5-7,10H,8-9H2,1-4H3,(H3,15,16,17);1H. The van der Waals surface area contributed by atoms with Crippen LogP contribution in [0.4, 0.5) is 0 Å². The fourth-order valence-corrected chi connectivity index (χ4v) is 1.75. The van der Waals surface area contributed by atoms with Crippen molar-refractivity contribution in [2.24, 2.45) is 10.7 Å². The highest BCUT2D eigenvalue weighted by Crippen LogP contribution is 2.27. The number of nitrogens with one attached hydrogen (secondary N) is 1. The number of halogens is 1. The SMILES string of the molecule is COCC(C)NC(N)=NCc1ccc(OC)c(OC)c1.I. The van der Waals surface area contributed by atoms with Gasteiger partial charge in [-0.25, -0.2) is 4.99 Å². The van der Waals surface area contributed by atoms with Crippen LogP contribution >= 0.6 is 24.0 Å². The first-order valence-corrected chi connectivity index (χ1v) is 6.37. The second kappa shape index (κ2) is 10.5. The van der Waals surface area contributed by atoms with Gasteiger partial charge in [0.2, 0.25) is 0 Å². The Labute approximate surface area is 143 Å². The molecule has 0 saturated carbocycles. The molecule has 0 amide bonds. The van der Waals surface area contributed by atoms with Crippen LogP contribution in [0, 0.1) is 0 Å². The van der Waals surface area contributed by atoms with E-state index in [2.05, 4.69) is 10.3 Å². The van der Waals surface area contributed by atoms with Gasteiger partial charge in [0.25, 0.3) is 0 Å². The van der Waals surface area contributed by atoms with Gasteiger partial charge >= 0.3 is 0 Å². The number of nitrogens with two attached hydrogens (primary N) is 1. The predicted molar refractivity (Wildman–Crippen MR) is 94.8 cm³/mol. The normalized spacial score (nSPS) is 12.3. The van der Waals surface area contributed by atoms with Gasteiger partial charge in [0.05, 0.1) is 27.4 Å². The zero-order chi connectivity index (χ0) is 15.0. The molecule has 6 nitrogen and oxygen atoms in total. The minimum atomic E-state index is 0. The average Bonchev–Trinajstić information content (AvgIpc) is 2.44. The first kappa shape index (κ1) is 19.8. The number of nitrogens with zero attached hydrogens (tertiary/aromatic N) is 1. The van der Waals surface area contributed by atoms with Crippen molar-refractivity contribution in [3.05, 3.63) is 23.8 Å². The molecule has 0 radical (unpaired) electrons. The molecule has 1 atom stereocenters. The number of methoxy groups -OCH3 is 3. The highest BCUT2D eigenvalue weighted by molar-refractivity contribution is 14.0. The highest BCUT2D eigenvalue weighted by atomic mass is 127. The Hall–Kier alpha value is -1.22. The maximum Gasteiger partial charge on any atom is 0.189 e. The molecule has 0 aliphatic carbocycles. The van der Waals surface area contributed by atoms with Crippen LogP contribution in [0.5, 0.6) is 11.5 Å². The van der Waals surface area contributed by atoms with Gasteiger partial charge in [0.15, 0.2) is 17.5 Å². The van der Waals surface area contributed by atoms with E-state index in [4.69, 9.17) is 19.9 Å². The second-order valence-corrected chi connectivity index (χ2v) is 4.39. The van der Waals surface area contributed by atoms with Gasteiger partial charge in [-0.15, -0.1) is 24.0 Å². The van der Waals surface area contributed by atoms with E-state index in [1.165, 1.54) is 0 Å². The Kier molecular flexibility index (Phi) is 9.89. The summed E-state index contributed by atoms with van der Waals surface area (Å²) in [4.78, 5) is 4.28. The second-order valence-electron chi connectivity index (χ2n) is 4.39. The van der Waals surface area contributed by atoms with Crippen LogP contribution in [0.3, 0.4) is 0 Å². The number of hydrogen-bond donors (Lipinski definition) is 2. The molecular weight excluding hydrogens is 385 g/mol. The van der Waals surface area contributed by atoms with E-state index in [9.17, 15) is 0 Å². The molecule has 21 heavy (non-hydrogen) atoms. The van der Waals surface area contributed by atoms with Crippen LogP contribution in [0.2, 0.25) is 0 Å². The fraction of sp³-hybridized carbons (Fsp3) is 0.500. The van der Waals surface area contributed by atoms with Gasteiger partial charge in [0, 0.05) is 13.2 Å². The Morgan fingerprint density at radius 1 is 1.24 bits per heavy atom. The lowest BCUT2D eigenvalue weighted by atomic mass is 10.2. The monoisotopic (exact) mass is 409 g/mol. The fourth-order valence-electron chi connectivity index (χ4n) is 1.75. The van der Waals surface area contributed by atoms with E-state index in [0.29, 0.717) is 30.6 Å². The van der Waals surface area contributed by atoms with Crippen LogP contribution in [-0.2, 0) is 11.3 Å². The molecule has 0 spiro atoms. The Balaban J connectivity index is 0.00000400. The van der Waals surface area contributed by atoms with Gasteiger partial charge in [-0.1, -0.05) is 6.07 Å². The summed E-state index contributed by atoms with van der Waals surface area (Å²) in [7, 11) is 4.86. The third-order valence-electron chi connectivity index (χ3n) is 2.69. The molecule has 1 unspecified atom stereocenters. The molecule has 0 aromatic heterocycles. The molecule has 0 heterocycles. The number of guanidine groups is 1. The van der Waals surface area contributed by atoms with Crippen LogP contribution in [0.15, 0.2) is 23.2 Å². The summed E-state index contributed by atoms with van der Waals surface area (Å²) >= 11 is 0. The lowest BCUT2D eigenvalue weighted by molar-refractivity contribution is 0.179. The number of rotatable bonds is 7. The zero-order valence-corrected chi connectivity index (χ0v) is 15.2. The first-order chi connectivity index (χ1) is 9.60. The average molecular weight is 409 g/mol. The number of hydrogen-bond acceptors (Lipinski definition) is 4. The summed E-state index contributed by atoms with van der Waals surface area (Å²) in [5.41, 5.74) is 6.80. The molecule has 0 aliphatic heterocycles. The summed E-state index contributed by atoms with van der Waals surface area (Å²) in [6, 6.07) is 5.78.